The fourth-order valence-electron chi connectivity index (χ4n) is 5.88. The van der Waals surface area contributed by atoms with Crippen LogP contribution in [0.3, 0.4) is 0 Å². The van der Waals surface area contributed by atoms with Crippen molar-refractivity contribution in [2.24, 2.45) is 17.1 Å². The summed E-state index contributed by atoms with van der Waals surface area (Å²) in [5.41, 5.74) is 6.01. The third-order valence-electron chi connectivity index (χ3n) is 8.01. The van der Waals surface area contributed by atoms with Gasteiger partial charge in [-0.05, 0) is 50.7 Å². The molecule has 1 aliphatic heterocycles. The van der Waals surface area contributed by atoms with Crippen molar-refractivity contribution in [1.82, 2.24) is 19.5 Å². The molecule has 1 aromatic carbocycles. The predicted octanol–water partition coefficient (Wildman–Crippen LogP) is 5.70. The summed E-state index contributed by atoms with van der Waals surface area (Å²) in [6.45, 7) is 1.58. The van der Waals surface area contributed by atoms with Gasteiger partial charge < -0.3 is 21.1 Å². The van der Waals surface area contributed by atoms with E-state index in [-0.39, 0.29) is 45.1 Å². The number of halogens is 5. The molecule has 1 saturated heterocycles. The molecule has 208 valence electrons. The van der Waals surface area contributed by atoms with Gasteiger partial charge in [0.15, 0.2) is 5.65 Å². The summed E-state index contributed by atoms with van der Waals surface area (Å²) < 4.78 is 47.0. The Morgan fingerprint density at radius 1 is 1.10 bits per heavy atom. The molecule has 3 heterocycles. The lowest BCUT2D eigenvalue weighted by Gasteiger charge is -2.53. The molecule has 39 heavy (non-hydrogen) atoms. The van der Waals surface area contributed by atoms with Crippen LogP contribution in [0.1, 0.15) is 50.1 Å². The molecule has 0 radical (unpaired) electrons. The Balaban J connectivity index is 1.34. The summed E-state index contributed by atoms with van der Waals surface area (Å²) in [6.07, 6.45) is 1.47. The summed E-state index contributed by atoms with van der Waals surface area (Å²) in [5.74, 6) is 0.248. The number of imidazole rings is 1. The Morgan fingerprint density at radius 2 is 1.77 bits per heavy atom. The van der Waals surface area contributed by atoms with Crippen molar-refractivity contribution in [3.63, 3.8) is 0 Å². The number of benzene rings is 1. The first-order chi connectivity index (χ1) is 18.5. The maximum absolute atomic E-state index is 13.3. The van der Waals surface area contributed by atoms with Gasteiger partial charge in [0.25, 0.3) is 0 Å². The minimum Gasteiger partial charge on any atom is -0.380 e. The van der Waals surface area contributed by atoms with Crippen LogP contribution in [0.5, 0.6) is 0 Å². The van der Waals surface area contributed by atoms with Gasteiger partial charge >= 0.3 is 6.18 Å². The number of fused-ring (bicyclic) bond motifs is 1. The molecule has 0 bridgehead atoms. The molecule has 2 saturated carbocycles. The van der Waals surface area contributed by atoms with E-state index in [4.69, 9.17) is 38.7 Å². The molecule has 0 unspecified atom stereocenters. The fourth-order valence-corrected chi connectivity index (χ4v) is 6.46. The molecule has 4 N–H and O–H groups in total. The van der Waals surface area contributed by atoms with E-state index in [1.807, 2.05) is 4.57 Å². The van der Waals surface area contributed by atoms with Crippen molar-refractivity contribution in [2.45, 2.75) is 56.8 Å². The van der Waals surface area contributed by atoms with Gasteiger partial charge in [-0.25, -0.2) is 9.97 Å². The summed E-state index contributed by atoms with van der Waals surface area (Å²) in [6, 6.07) is 1.79. The number of rotatable bonds is 6. The second-order valence-electron chi connectivity index (χ2n) is 10.8. The third kappa shape index (κ3) is 4.98. The summed E-state index contributed by atoms with van der Waals surface area (Å²) in [7, 11) is 0. The second-order valence-corrected chi connectivity index (χ2v) is 11.6. The van der Waals surface area contributed by atoms with Gasteiger partial charge in [-0.15, -0.1) is 0 Å². The van der Waals surface area contributed by atoms with E-state index in [1.54, 1.807) is 6.20 Å². The molecule has 2 aliphatic carbocycles. The standard InChI is InChI=1S/C25H26Cl2F3N7O2/c26-16-5-13(25(28,29)30)6-17(27)19(16)35-23-34-18-9-32-22(33-14-7-24(8-14)10-39-11-24)36-21(18)37(23)15-3-1-12(2-4-15)20(31)38/h5-6,9,12,14-15H,1-4,7-8,10-11H2,(H2,31,38)(H,34,35)(H,32,33,36)/t12-,15-. The average Bonchev–Trinajstić information content (AvgIpc) is 3.18. The van der Waals surface area contributed by atoms with Crippen molar-refractivity contribution in [3.8, 4) is 0 Å². The smallest absolute Gasteiger partial charge is 0.380 e. The number of alkyl halides is 3. The lowest BCUT2D eigenvalue weighted by molar-refractivity contribution is -0.160. The molecule has 0 atom stereocenters. The van der Waals surface area contributed by atoms with E-state index in [9.17, 15) is 18.0 Å². The van der Waals surface area contributed by atoms with E-state index in [2.05, 4.69) is 20.6 Å². The first kappa shape index (κ1) is 26.4. The van der Waals surface area contributed by atoms with Gasteiger partial charge in [-0.3, -0.25) is 9.36 Å². The Morgan fingerprint density at radius 3 is 2.33 bits per heavy atom. The highest BCUT2D eigenvalue weighted by molar-refractivity contribution is 6.39. The molecule has 14 heteroatoms. The predicted molar refractivity (Wildman–Crippen MR) is 140 cm³/mol. The Labute approximate surface area is 231 Å². The zero-order chi connectivity index (χ0) is 27.5. The van der Waals surface area contributed by atoms with Gasteiger partial charge in [0.2, 0.25) is 17.8 Å². The molecule has 9 nitrogen and oxygen atoms in total. The number of aromatic nitrogens is 4. The van der Waals surface area contributed by atoms with Crippen molar-refractivity contribution in [3.05, 3.63) is 33.9 Å². The Kier molecular flexibility index (Phi) is 6.54. The third-order valence-corrected chi connectivity index (χ3v) is 8.61. The highest BCUT2D eigenvalue weighted by Gasteiger charge is 2.50. The normalized spacial score (nSPS) is 22.9. The van der Waals surface area contributed by atoms with Crippen LogP contribution in [-0.4, -0.2) is 44.7 Å². The van der Waals surface area contributed by atoms with Crippen molar-refractivity contribution in [2.75, 3.05) is 23.8 Å². The summed E-state index contributed by atoms with van der Waals surface area (Å²) in [4.78, 5) is 25.6. The van der Waals surface area contributed by atoms with Gasteiger partial charge in [0.05, 0.1) is 40.7 Å². The zero-order valence-electron chi connectivity index (χ0n) is 20.7. The summed E-state index contributed by atoms with van der Waals surface area (Å²) in [5, 5.41) is 6.05. The molecule has 3 aliphatic rings. The van der Waals surface area contributed by atoms with Crippen molar-refractivity contribution < 1.29 is 22.7 Å². The lowest BCUT2D eigenvalue weighted by Crippen LogP contribution is -2.56. The molecule has 3 aromatic rings. The molecule has 1 spiro atoms. The molecule has 1 amide bonds. The number of carbonyl (C=O) groups excluding carboxylic acids is 1. The van der Waals surface area contributed by atoms with Crippen LogP contribution in [0.15, 0.2) is 18.3 Å². The second kappa shape index (κ2) is 9.67. The van der Waals surface area contributed by atoms with Crippen LogP contribution in [0.2, 0.25) is 10.0 Å². The highest BCUT2D eigenvalue weighted by Crippen LogP contribution is 2.48. The SMILES string of the molecule is NC(=O)[C@H]1CC[C@H](n2c(Nc3c(Cl)cc(C(F)(F)F)cc3Cl)nc3cnc(NC4CC5(COC5)C4)nc32)CC1. The number of nitrogens with one attached hydrogen (secondary N) is 2. The maximum Gasteiger partial charge on any atom is 0.416 e. The van der Waals surface area contributed by atoms with Gasteiger partial charge in [0, 0.05) is 23.4 Å². The number of carbonyl (C=O) groups is 1. The number of nitrogens with two attached hydrogens (primary N) is 1. The van der Waals surface area contributed by atoms with Crippen LogP contribution < -0.4 is 16.4 Å². The highest BCUT2D eigenvalue weighted by atomic mass is 35.5. The van der Waals surface area contributed by atoms with Crippen LogP contribution in [0.25, 0.3) is 11.2 Å². The molecule has 6 rings (SSSR count). The van der Waals surface area contributed by atoms with Crippen molar-refractivity contribution in [1.29, 1.82) is 0 Å². The van der Waals surface area contributed by atoms with Crippen LogP contribution in [0, 0.1) is 11.3 Å². The number of ether oxygens (including phenoxy) is 1. The van der Waals surface area contributed by atoms with Gasteiger partial charge in [-0.2, -0.15) is 18.2 Å². The number of amides is 1. The number of nitrogens with zero attached hydrogens (tertiary/aromatic N) is 4. The minimum absolute atomic E-state index is 0.0954. The molecular formula is C25H26Cl2F3N7O2. The van der Waals surface area contributed by atoms with Crippen LogP contribution in [0.4, 0.5) is 30.8 Å². The first-order valence-electron chi connectivity index (χ1n) is 12.7. The lowest BCUT2D eigenvalue weighted by atomic mass is 9.64. The van der Waals surface area contributed by atoms with Gasteiger partial charge in [-0.1, -0.05) is 23.2 Å². The average molecular weight is 584 g/mol. The van der Waals surface area contributed by atoms with Crippen LogP contribution >= 0.6 is 23.2 Å². The first-order valence-corrected chi connectivity index (χ1v) is 13.5. The fraction of sp³-hybridized carbons (Fsp3) is 0.520. The van der Waals surface area contributed by atoms with E-state index in [0.717, 1.165) is 38.2 Å². The number of hydrogen-bond acceptors (Lipinski definition) is 7. The minimum atomic E-state index is -4.59. The number of anilines is 3. The zero-order valence-corrected chi connectivity index (χ0v) is 22.2. The topological polar surface area (TPSA) is 120 Å². The van der Waals surface area contributed by atoms with E-state index >= 15 is 0 Å². The largest absolute Gasteiger partial charge is 0.416 e. The quantitative estimate of drug-likeness (QED) is 0.340. The Hall–Kier alpha value is -2.83. The Bertz CT molecular complexity index is 1400. The van der Waals surface area contributed by atoms with E-state index in [1.165, 1.54) is 0 Å². The van der Waals surface area contributed by atoms with E-state index < -0.39 is 11.7 Å². The molecular weight excluding hydrogens is 558 g/mol. The molecule has 3 fully saturated rings. The molecule has 2 aromatic heterocycles. The maximum atomic E-state index is 13.3. The summed E-state index contributed by atoms with van der Waals surface area (Å²) >= 11 is 12.5. The monoisotopic (exact) mass is 583 g/mol. The van der Waals surface area contributed by atoms with E-state index in [0.29, 0.717) is 48.7 Å². The van der Waals surface area contributed by atoms with Crippen LogP contribution in [-0.2, 0) is 15.7 Å². The van der Waals surface area contributed by atoms with Crippen molar-refractivity contribution >= 4 is 57.9 Å². The van der Waals surface area contributed by atoms with Gasteiger partial charge in [0.1, 0.15) is 5.52 Å². The number of hydrogen-bond donors (Lipinski definition) is 3. The number of primary amides is 1.